The van der Waals surface area contributed by atoms with Crippen LogP contribution in [-0.4, -0.2) is 38.7 Å². The Morgan fingerprint density at radius 2 is 1.72 bits per heavy atom. The number of aryl methyl sites for hydroxylation is 1. The zero-order valence-electron chi connectivity index (χ0n) is 19.6. The molecule has 0 bridgehead atoms. The Morgan fingerprint density at radius 3 is 2.33 bits per heavy atom. The van der Waals surface area contributed by atoms with Gasteiger partial charge in [0.15, 0.2) is 0 Å². The number of halogens is 1. The van der Waals surface area contributed by atoms with E-state index in [1.54, 1.807) is 24.3 Å². The number of fused-ring (bicyclic) bond motifs is 1. The fourth-order valence-electron chi connectivity index (χ4n) is 3.85. The van der Waals surface area contributed by atoms with Crippen LogP contribution in [0.1, 0.15) is 23.1 Å². The van der Waals surface area contributed by atoms with E-state index in [1.165, 1.54) is 11.4 Å². The zero-order chi connectivity index (χ0) is 26.0. The van der Waals surface area contributed by atoms with E-state index in [9.17, 15) is 18.0 Å². The summed E-state index contributed by atoms with van der Waals surface area (Å²) < 4.78 is 25.8. The van der Waals surface area contributed by atoms with Gasteiger partial charge >= 0.3 is 5.97 Å². The van der Waals surface area contributed by atoms with Crippen LogP contribution in [0.4, 0.5) is 17.1 Å². The van der Waals surface area contributed by atoms with Gasteiger partial charge in [-0.3, -0.25) is 13.9 Å². The van der Waals surface area contributed by atoms with Crippen LogP contribution in [0.5, 0.6) is 0 Å². The fraction of sp³-hybridized carbons (Fsp3) is 0.154. The smallest absolute Gasteiger partial charge is 0.303 e. The SMILES string of the molecule is CN(c1ccc(N/C(=C2\C(=O)Nc3cc(Br)ccc32)c2ccc(CCC(=O)O)cc2)cc1)S(C)(=O)=O. The fourth-order valence-corrected chi connectivity index (χ4v) is 4.72. The first-order chi connectivity index (χ1) is 17.0. The number of sulfonamides is 1. The van der Waals surface area contributed by atoms with Crippen LogP contribution < -0.4 is 14.9 Å². The van der Waals surface area contributed by atoms with Gasteiger partial charge in [0, 0.05) is 29.2 Å². The Morgan fingerprint density at radius 1 is 1.06 bits per heavy atom. The highest BCUT2D eigenvalue weighted by molar-refractivity contribution is 9.10. The summed E-state index contributed by atoms with van der Waals surface area (Å²) in [5, 5.41) is 15.2. The second-order valence-electron chi connectivity index (χ2n) is 8.39. The van der Waals surface area contributed by atoms with Crippen LogP contribution in [-0.2, 0) is 26.0 Å². The van der Waals surface area contributed by atoms with Crippen molar-refractivity contribution in [3.05, 3.63) is 87.9 Å². The van der Waals surface area contributed by atoms with E-state index in [0.717, 1.165) is 27.4 Å². The standard InChI is InChI=1S/C26H24BrN3O5S/c1-30(36(2,34)35)20-11-9-19(10-12-20)28-25(17-6-3-16(4-7-17)5-14-23(31)32)24-21-13-8-18(27)15-22(21)29-26(24)33/h3-4,6-13,15,28H,5,14H2,1-2H3,(H,29,33)(H,31,32)/b25-24-. The van der Waals surface area contributed by atoms with Crippen LogP contribution in [0.2, 0.25) is 0 Å². The summed E-state index contributed by atoms with van der Waals surface area (Å²) in [4.78, 5) is 24.0. The minimum atomic E-state index is -3.40. The van der Waals surface area contributed by atoms with E-state index in [2.05, 4.69) is 26.6 Å². The molecule has 0 saturated heterocycles. The maximum absolute atomic E-state index is 13.1. The highest BCUT2D eigenvalue weighted by Gasteiger charge is 2.28. The van der Waals surface area contributed by atoms with Crippen molar-refractivity contribution in [2.75, 3.05) is 28.2 Å². The van der Waals surface area contributed by atoms with Gasteiger partial charge in [-0.05, 0) is 53.9 Å². The zero-order valence-corrected chi connectivity index (χ0v) is 22.0. The average Bonchev–Trinajstić information content (AvgIpc) is 3.15. The molecule has 0 radical (unpaired) electrons. The summed E-state index contributed by atoms with van der Waals surface area (Å²) >= 11 is 3.43. The van der Waals surface area contributed by atoms with Crippen molar-refractivity contribution in [3.8, 4) is 0 Å². The molecule has 186 valence electrons. The molecule has 0 aliphatic carbocycles. The van der Waals surface area contributed by atoms with E-state index < -0.39 is 16.0 Å². The molecule has 0 fully saturated rings. The van der Waals surface area contributed by atoms with Gasteiger partial charge in [-0.25, -0.2) is 8.42 Å². The number of nitrogens with one attached hydrogen (secondary N) is 2. The molecule has 1 heterocycles. The van der Waals surface area contributed by atoms with Crippen LogP contribution in [0, 0.1) is 0 Å². The molecule has 1 amide bonds. The van der Waals surface area contributed by atoms with Crippen molar-refractivity contribution in [3.63, 3.8) is 0 Å². The number of nitrogens with zero attached hydrogens (tertiary/aromatic N) is 1. The number of hydrogen-bond acceptors (Lipinski definition) is 5. The predicted molar refractivity (Wildman–Crippen MR) is 145 cm³/mol. The molecule has 0 spiro atoms. The van der Waals surface area contributed by atoms with Crippen molar-refractivity contribution in [1.29, 1.82) is 0 Å². The molecule has 10 heteroatoms. The maximum atomic E-state index is 13.1. The third kappa shape index (κ3) is 5.60. The molecule has 1 aliphatic heterocycles. The number of carboxylic acids is 1. The molecule has 0 aromatic heterocycles. The summed E-state index contributed by atoms with van der Waals surface area (Å²) in [6.07, 6.45) is 1.57. The Hall–Kier alpha value is -3.63. The lowest BCUT2D eigenvalue weighted by atomic mass is 9.98. The van der Waals surface area contributed by atoms with Crippen molar-refractivity contribution in [2.24, 2.45) is 0 Å². The summed E-state index contributed by atoms with van der Waals surface area (Å²) in [6, 6.07) is 19.8. The van der Waals surface area contributed by atoms with Gasteiger partial charge in [0.05, 0.1) is 28.9 Å². The quantitative estimate of drug-likeness (QED) is 0.336. The molecule has 8 nitrogen and oxygen atoms in total. The minimum Gasteiger partial charge on any atom is -0.481 e. The van der Waals surface area contributed by atoms with E-state index >= 15 is 0 Å². The lowest BCUT2D eigenvalue weighted by molar-refractivity contribution is -0.137. The van der Waals surface area contributed by atoms with Gasteiger partial charge in [0.2, 0.25) is 10.0 Å². The summed E-state index contributed by atoms with van der Waals surface area (Å²) in [5.41, 5.74) is 5.26. The van der Waals surface area contributed by atoms with E-state index in [4.69, 9.17) is 5.11 Å². The molecule has 3 N–H and O–H groups in total. The van der Waals surface area contributed by atoms with Crippen LogP contribution >= 0.6 is 15.9 Å². The van der Waals surface area contributed by atoms with Gasteiger partial charge in [0.25, 0.3) is 5.91 Å². The Bertz CT molecular complexity index is 1470. The molecule has 0 unspecified atom stereocenters. The first-order valence-corrected chi connectivity index (χ1v) is 13.6. The molecular formula is C26H24BrN3O5S. The molecule has 3 aromatic carbocycles. The molecule has 1 aliphatic rings. The normalized spacial score (nSPS) is 14.1. The third-order valence-corrected chi connectivity index (χ3v) is 7.54. The van der Waals surface area contributed by atoms with Crippen molar-refractivity contribution < 1.29 is 23.1 Å². The van der Waals surface area contributed by atoms with Crippen LogP contribution in [0.25, 0.3) is 11.3 Å². The number of aliphatic carboxylic acids is 1. The number of anilines is 3. The number of amides is 1. The monoisotopic (exact) mass is 569 g/mol. The van der Waals surface area contributed by atoms with Crippen LogP contribution in [0.15, 0.2) is 71.2 Å². The molecule has 36 heavy (non-hydrogen) atoms. The summed E-state index contributed by atoms with van der Waals surface area (Å²) in [5.74, 6) is -1.12. The van der Waals surface area contributed by atoms with E-state index in [0.29, 0.717) is 34.8 Å². The Balaban J connectivity index is 1.76. The molecule has 3 aromatic rings. The van der Waals surface area contributed by atoms with Gasteiger partial charge in [0.1, 0.15) is 0 Å². The van der Waals surface area contributed by atoms with Gasteiger partial charge in [-0.1, -0.05) is 46.3 Å². The van der Waals surface area contributed by atoms with Gasteiger partial charge in [-0.2, -0.15) is 0 Å². The van der Waals surface area contributed by atoms with Crippen molar-refractivity contribution in [1.82, 2.24) is 0 Å². The number of rotatable bonds is 8. The topological polar surface area (TPSA) is 116 Å². The Kier molecular flexibility index (Phi) is 7.18. The number of carbonyl (C=O) groups is 2. The molecule has 0 atom stereocenters. The summed E-state index contributed by atoms with van der Waals surface area (Å²) in [6.45, 7) is 0. The first kappa shape index (κ1) is 25.5. The Labute approximate surface area is 217 Å². The number of benzene rings is 3. The lowest BCUT2D eigenvalue weighted by Crippen LogP contribution is -2.24. The van der Waals surface area contributed by atoms with Gasteiger partial charge in [-0.15, -0.1) is 0 Å². The molecular weight excluding hydrogens is 546 g/mol. The van der Waals surface area contributed by atoms with E-state index in [-0.39, 0.29) is 12.3 Å². The maximum Gasteiger partial charge on any atom is 0.303 e. The molecule has 4 rings (SSSR count). The second kappa shape index (κ2) is 10.2. The number of carboxylic acid groups (broad SMARTS) is 1. The minimum absolute atomic E-state index is 0.0322. The largest absolute Gasteiger partial charge is 0.481 e. The predicted octanol–water partition coefficient (Wildman–Crippen LogP) is 4.79. The average molecular weight is 570 g/mol. The number of hydrogen-bond donors (Lipinski definition) is 3. The second-order valence-corrected chi connectivity index (χ2v) is 11.3. The highest BCUT2D eigenvalue weighted by atomic mass is 79.9. The third-order valence-electron chi connectivity index (χ3n) is 5.84. The van der Waals surface area contributed by atoms with Crippen molar-refractivity contribution >= 4 is 66.2 Å². The highest BCUT2D eigenvalue weighted by Crippen LogP contribution is 2.39. The van der Waals surface area contributed by atoms with Crippen molar-refractivity contribution in [2.45, 2.75) is 12.8 Å². The van der Waals surface area contributed by atoms with Gasteiger partial charge < -0.3 is 15.7 Å². The van der Waals surface area contributed by atoms with E-state index in [1.807, 2.05) is 42.5 Å². The lowest BCUT2D eigenvalue weighted by Gasteiger charge is -2.18. The molecule has 0 saturated carbocycles. The first-order valence-electron chi connectivity index (χ1n) is 11.0. The summed E-state index contributed by atoms with van der Waals surface area (Å²) in [7, 11) is -1.92. The number of carbonyl (C=O) groups excluding carboxylic acids is 1. The van der Waals surface area contributed by atoms with Crippen LogP contribution in [0.3, 0.4) is 0 Å².